The maximum Gasteiger partial charge on any atom is 0.160 e. The number of aryl methyl sites for hydroxylation is 1. The fourth-order valence-corrected chi connectivity index (χ4v) is 3.19. The molecule has 0 aromatic heterocycles. The highest BCUT2D eigenvalue weighted by Crippen LogP contribution is 2.29. The molecule has 0 amide bonds. The van der Waals surface area contributed by atoms with Gasteiger partial charge in [-0.25, -0.2) is 0 Å². The van der Waals surface area contributed by atoms with Gasteiger partial charge in [-0.15, -0.1) is 0 Å². The molecular weight excluding hydrogens is 336 g/mol. The maximum atomic E-state index is 9.64. The van der Waals surface area contributed by atoms with Gasteiger partial charge in [-0.2, -0.15) is 0 Å². The summed E-state index contributed by atoms with van der Waals surface area (Å²) in [5, 5.41) is 26.2. The Hall–Kier alpha value is -2.04. The van der Waals surface area contributed by atoms with E-state index < -0.39 is 0 Å². The van der Waals surface area contributed by atoms with E-state index in [4.69, 9.17) is 0 Å². The normalized spacial score (nSPS) is 11.0. The molecule has 0 aliphatic rings. The molecule has 0 fully saturated rings. The van der Waals surface area contributed by atoms with Crippen molar-refractivity contribution in [1.29, 1.82) is 0 Å². The quantitative estimate of drug-likeness (QED) is 0.319. The predicted octanol–water partition coefficient (Wildman–Crippen LogP) is 3.93. The molecule has 0 heterocycles. The van der Waals surface area contributed by atoms with Crippen LogP contribution in [0.25, 0.3) is 0 Å². The molecule has 4 nitrogen and oxygen atoms in total. The summed E-state index contributed by atoms with van der Waals surface area (Å²) in [7, 11) is 0. The van der Waals surface area contributed by atoms with Crippen LogP contribution in [0.1, 0.15) is 42.4 Å². The zero-order valence-corrected chi connectivity index (χ0v) is 16.5. The Bertz CT molecular complexity index is 636. The van der Waals surface area contributed by atoms with Crippen LogP contribution in [0.5, 0.6) is 11.5 Å². The minimum Gasteiger partial charge on any atom is -0.504 e. The first-order valence-corrected chi connectivity index (χ1v) is 10.1. The highest BCUT2D eigenvalue weighted by molar-refractivity contribution is 5.46. The van der Waals surface area contributed by atoms with Crippen molar-refractivity contribution in [1.82, 2.24) is 10.6 Å². The van der Waals surface area contributed by atoms with Crippen LogP contribution in [-0.2, 0) is 12.8 Å². The minimum atomic E-state index is -0.0256. The van der Waals surface area contributed by atoms with Crippen molar-refractivity contribution >= 4 is 0 Å². The Balaban J connectivity index is 1.39. The third-order valence-electron chi connectivity index (χ3n) is 4.82. The van der Waals surface area contributed by atoms with E-state index in [0.717, 1.165) is 50.1 Å². The molecule has 4 N–H and O–H groups in total. The smallest absolute Gasteiger partial charge is 0.160 e. The standard InChI is InChI=1S/C23H34N2O2/c1-19-17-21(18-22(26)23(19)27)12-16-25-14-8-3-2-7-13-24-15-11-20-9-5-4-6-10-20/h4-6,9-10,17-18,24-27H,2-3,7-8,11-16H2,1H3. The van der Waals surface area contributed by atoms with Crippen molar-refractivity contribution in [3.63, 3.8) is 0 Å². The van der Waals surface area contributed by atoms with Gasteiger partial charge in [0.25, 0.3) is 0 Å². The van der Waals surface area contributed by atoms with Crippen molar-refractivity contribution in [3.8, 4) is 11.5 Å². The highest BCUT2D eigenvalue weighted by atomic mass is 16.3. The van der Waals surface area contributed by atoms with Crippen LogP contribution >= 0.6 is 0 Å². The van der Waals surface area contributed by atoms with Crippen molar-refractivity contribution in [2.45, 2.75) is 45.4 Å². The number of aromatic hydroxyl groups is 2. The molecule has 0 radical (unpaired) electrons. The van der Waals surface area contributed by atoms with E-state index >= 15 is 0 Å². The maximum absolute atomic E-state index is 9.64. The van der Waals surface area contributed by atoms with Gasteiger partial charge < -0.3 is 20.8 Å². The molecule has 0 saturated carbocycles. The molecule has 0 unspecified atom stereocenters. The first-order valence-electron chi connectivity index (χ1n) is 10.1. The summed E-state index contributed by atoms with van der Waals surface area (Å²) >= 11 is 0. The van der Waals surface area contributed by atoms with Gasteiger partial charge in [-0.05, 0) is 81.5 Å². The number of nitrogens with one attached hydrogen (secondary N) is 2. The highest BCUT2D eigenvalue weighted by Gasteiger charge is 2.05. The summed E-state index contributed by atoms with van der Waals surface area (Å²) in [5.74, 6) is -0.0383. The second kappa shape index (κ2) is 12.4. The van der Waals surface area contributed by atoms with Crippen LogP contribution < -0.4 is 10.6 Å². The Morgan fingerprint density at radius 3 is 1.89 bits per heavy atom. The fraction of sp³-hybridized carbons (Fsp3) is 0.478. The molecule has 2 aromatic carbocycles. The third kappa shape index (κ3) is 8.46. The van der Waals surface area contributed by atoms with E-state index in [1.165, 1.54) is 31.2 Å². The summed E-state index contributed by atoms with van der Waals surface area (Å²) in [6.45, 7) is 5.89. The number of unbranched alkanes of at least 4 members (excludes halogenated alkanes) is 3. The fourth-order valence-electron chi connectivity index (χ4n) is 3.19. The Labute approximate surface area is 163 Å². The number of rotatable bonds is 13. The summed E-state index contributed by atoms with van der Waals surface area (Å²) < 4.78 is 0. The lowest BCUT2D eigenvalue weighted by Gasteiger charge is -2.08. The molecule has 0 spiro atoms. The first kappa shape index (κ1) is 21.3. The van der Waals surface area contributed by atoms with E-state index in [1.807, 2.05) is 13.0 Å². The van der Waals surface area contributed by atoms with Gasteiger partial charge in [-0.1, -0.05) is 49.2 Å². The van der Waals surface area contributed by atoms with Gasteiger partial charge in [0.05, 0.1) is 0 Å². The van der Waals surface area contributed by atoms with E-state index in [0.29, 0.717) is 0 Å². The second-order valence-electron chi connectivity index (χ2n) is 7.18. The Morgan fingerprint density at radius 1 is 0.704 bits per heavy atom. The van der Waals surface area contributed by atoms with Crippen molar-refractivity contribution in [2.75, 3.05) is 26.2 Å². The molecule has 2 aromatic rings. The predicted molar refractivity (Wildman–Crippen MR) is 113 cm³/mol. The molecule has 27 heavy (non-hydrogen) atoms. The minimum absolute atomic E-state index is 0.0127. The Morgan fingerprint density at radius 2 is 1.30 bits per heavy atom. The monoisotopic (exact) mass is 370 g/mol. The molecule has 0 bridgehead atoms. The van der Waals surface area contributed by atoms with Crippen LogP contribution in [0.4, 0.5) is 0 Å². The van der Waals surface area contributed by atoms with Gasteiger partial charge in [0.15, 0.2) is 11.5 Å². The van der Waals surface area contributed by atoms with Crippen LogP contribution in [0.2, 0.25) is 0 Å². The number of phenols is 2. The van der Waals surface area contributed by atoms with Crippen molar-refractivity contribution < 1.29 is 10.2 Å². The van der Waals surface area contributed by atoms with Gasteiger partial charge >= 0.3 is 0 Å². The number of phenolic OH excluding ortho intramolecular Hbond substituents is 2. The van der Waals surface area contributed by atoms with Gasteiger partial charge in [0.1, 0.15) is 0 Å². The number of hydrogen-bond donors (Lipinski definition) is 4. The average molecular weight is 371 g/mol. The molecule has 4 heteroatoms. The van der Waals surface area contributed by atoms with Gasteiger partial charge in [0, 0.05) is 0 Å². The lowest BCUT2D eigenvalue weighted by molar-refractivity contribution is 0.400. The largest absolute Gasteiger partial charge is 0.504 e. The average Bonchev–Trinajstić information content (AvgIpc) is 2.67. The Kier molecular flexibility index (Phi) is 9.74. The lowest BCUT2D eigenvalue weighted by atomic mass is 10.1. The van der Waals surface area contributed by atoms with E-state index in [9.17, 15) is 10.2 Å². The third-order valence-corrected chi connectivity index (χ3v) is 4.82. The summed E-state index contributed by atoms with van der Waals surface area (Å²) in [5.41, 5.74) is 3.17. The summed E-state index contributed by atoms with van der Waals surface area (Å²) in [4.78, 5) is 0. The summed E-state index contributed by atoms with van der Waals surface area (Å²) in [6.07, 6.45) is 6.92. The number of benzene rings is 2. The molecular formula is C23H34N2O2. The zero-order valence-electron chi connectivity index (χ0n) is 16.5. The van der Waals surface area contributed by atoms with Gasteiger partial charge in [0.2, 0.25) is 0 Å². The molecule has 0 saturated heterocycles. The molecule has 2 rings (SSSR count). The van der Waals surface area contributed by atoms with Crippen LogP contribution in [0.15, 0.2) is 42.5 Å². The van der Waals surface area contributed by atoms with Crippen LogP contribution in [-0.4, -0.2) is 36.4 Å². The zero-order chi connectivity index (χ0) is 19.3. The SMILES string of the molecule is Cc1cc(CCNCCCCCCNCCc2ccccc2)cc(O)c1O. The number of hydrogen-bond acceptors (Lipinski definition) is 4. The van der Waals surface area contributed by atoms with Crippen LogP contribution in [0, 0.1) is 6.92 Å². The van der Waals surface area contributed by atoms with E-state index in [-0.39, 0.29) is 11.5 Å². The first-order chi connectivity index (χ1) is 13.2. The second-order valence-corrected chi connectivity index (χ2v) is 7.18. The molecule has 0 aliphatic carbocycles. The van der Waals surface area contributed by atoms with Crippen molar-refractivity contribution in [3.05, 3.63) is 59.2 Å². The molecule has 0 atom stereocenters. The van der Waals surface area contributed by atoms with E-state index in [2.05, 4.69) is 41.0 Å². The molecule has 148 valence electrons. The lowest BCUT2D eigenvalue weighted by Crippen LogP contribution is -2.19. The van der Waals surface area contributed by atoms with E-state index in [1.54, 1.807) is 6.07 Å². The molecule has 0 aliphatic heterocycles. The van der Waals surface area contributed by atoms with Crippen molar-refractivity contribution in [2.24, 2.45) is 0 Å². The van der Waals surface area contributed by atoms with Crippen LogP contribution in [0.3, 0.4) is 0 Å². The topological polar surface area (TPSA) is 64.5 Å². The van der Waals surface area contributed by atoms with Gasteiger partial charge in [-0.3, -0.25) is 0 Å². The summed E-state index contributed by atoms with van der Waals surface area (Å²) in [6, 6.07) is 14.2.